The highest BCUT2D eigenvalue weighted by molar-refractivity contribution is 5.86. The van der Waals surface area contributed by atoms with E-state index in [4.69, 9.17) is 0 Å². The number of non-ortho nitro benzene ring substituents is 1. The predicted molar refractivity (Wildman–Crippen MR) is 120 cm³/mol. The fourth-order valence-corrected chi connectivity index (χ4v) is 3.48. The molecule has 0 saturated carbocycles. The standard InChI is InChI=1S/C24H38N2O3/c1-3-5-6-7-8-9-10-11-12-13-14-15-20-25(24(27)4-2)21-22-16-18-23(19-17-22)26(28)29/h4,16-19H,2-3,5-15,20-21H2,1H3. The largest absolute Gasteiger partial charge is 0.335 e. The van der Waals surface area contributed by atoms with Crippen LogP contribution in [0.5, 0.6) is 0 Å². The number of carbonyl (C=O) groups excluding carboxylic acids is 1. The van der Waals surface area contributed by atoms with Gasteiger partial charge in [0.1, 0.15) is 0 Å². The topological polar surface area (TPSA) is 63.5 Å². The first-order valence-electron chi connectivity index (χ1n) is 11.2. The second-order valence-corrected chi connectivity index (χ2v) is 7.78. The van der Waals surface area contributed by atoms with E-state index in [-0.39, 0.29) is 11.6 Å². The minimum atomic E-state index is -0.414. The fraction of sp³-hybridized carbons (Fsp3) is 0.625. The SMILES string of the molecule is C=CC(=O)N(CCCCCCCCCCCCCC)Cc1ccc([N+](=O)[O-])cc1. The molecule has 0 aliphatic carbocycles. The maximum Gasteiger partial charge on any atom is 0.269 e. The van der Waals surface area contributed by atoms with Gasteiger partial charge in [-0.2, -0.15) is 0 Å². The zero-order valence-electron chi connectivity index (χ0n) is 18.1. The summed E-state index contributed by atoms with van der Waals surface area (Å²) in [5, 5.41) is 10.8. The van der Waals surface area contributed by atoms with E-state index in [0.29, 0.717) is 13.1 Å². The summed E-state index contributed by atoms with van der Waals surface area (Å²) in [6, 6.07) is 6.39. The van der Waals surface area contributed by atoms with E-state index in [9.17, 15) is 14.9 Å². The van der Waals surface area contributed by atoms with E-state index in [2.05, 4.69) is 13.5 Å². The molecule has 0 bridgehead atoms. The molecular weight excluding hydrogens is 364 g/mol. The first-order valence-corrected chi connectivity index (χ1v) is 11.2. The van der Waals surface area contributed by atoms with Crippen molar-refractivity contribution in [3.63, 3.8) is 0 Å². The van der Waals surface area contributed by atoms with E-state index in [0.717, 1.165) is 18.4 Å². The summed E-state index contributed by atoms with van der Waals surface area (Å²) in [7, 11) is 0. The number of nitrogens with zero attached hydrogens (tertiary/aromatic N) is 2. The number of nitro groups is 1. The average Bonchev–Trinajstić information content (AvgIpc) is 2.73. The van der Waals surface area contributed by atoms with Crippen molar-refractivity contribution in [2.45, 2.75) is 90.5 Å². The number of unbranched alkanes of at least 4 members (excludes halogenated alkanes) is 11. The van der Waals surface area contributed by atoms with Crippen molar-refractivity contribution in [1.82, 2.24) is 4.90 Å². The third-order valence-electron chi connectivity index (χ3n) is 5.29. The first-order chi connectivity index (χ1) is 14.1. The molecule has 0 unspecified atom stereocenters. The van der Waals surface area contributed by atoms with Gasteiger partial charge in [-0.05, 0) is 18.1 Å². The van der Waals surface area contributed by atoms with Crippen molar-refractivity contribution in [3.05, 3.63) is 52.6 Å². The van der Waals surface area contributed by atoms with Crippen LogP contribution in [0.2, 0.25) is 0 Å². The molecule has 0 fully saturated rings. The summed E-state index contributed by atoms with van der Waals surface area (Å²) >= 11 is 0. The van der Waals surface area contributed by atoms with Crippen LogP contribution in [0.4, 0.5) is 5.69 Å². The molecule has 0 aliphatic heterocycles. The number of hydrogen-bond donors (Lipinski definition) is 0. The van der Waals surface area contributed by atoms with Gasteiger partial charge in [-0.15, -0.1) is 0 Å². The molecule has 0 radical (unpaired) electrons. The normalized spacial score (nSPS) is 10.7. The van der Waals surface area contributed by atoms with Crippen molar-refractivity contribution in [2.24, 2.45) is 0 Å². The van der Waals surface area contributed by atoms with Crippen molar-refractivity contribution in [2.75, 3.05) is 6.54 Å². The molecule has 1 aromatic carbocycles. The number of nitro benzene ring substituents is 1. The third kappa shape index (κ3) is 11.4. The van der Waals surface area contributed by atoms with Gasteiger partial charge in [0.15, 0.2) is 0 Å². The Hall–Kier alpha value is -2.17. The highest BCUT2D eigenvalue weighted by Gasteiger charge is 2.12. The van der Waals surface area contributed by atoms with E-state index in [1.807, 2.05) is 0 Å². The molecular formula is C24H38N2O3. The Bertz CT molecular complexity index is 599. The lowest BCUT2D eigenvalue weighted by Gasteiger charge is -2.21. The van der Waals surface area contributed by atoms with Crippen molar-refractivity contribution < 1.29 is 9.72 Å². The van der Waals surface area contributed by atoms with Crippen LogP contribution in [0.3, 0.4) is 0 Å². The molecule has 0 spiro atoms. The molecule has 0 saturated heterocycles. The lowest BCUT2D eigenvalue weighted by atomic mass is 10.1. The Balaban J connectivity index is 2.20. The smallest absolute Gasteiger partial charge is 0.269 e. The number of benzene rings is 1. The maximum absolute atomic E-state index is 12.1. The highest BCUT2D eigenvalue weighted by atomic mass is 16.6. The molecule has 1 rings (SSSR count). The Morgan fingerprint density at radius 1 is 0.931 bits per heavy atom. The van der Waals surface area contributed by atoms with Crippen LogP contribution in [-0.4, -0.2) is 22.3 Å². The molecule has 1 amide bonds. The molecule has 5 heteroatoms. The van der Waals surface area contributed by atoms with Crippen LogP contribution < -0.4 is 0 Å². The van der Waals surface area contributed by atoms with Gasteiger partial charge in [-0.1, -0.05) is 96.3 Å². The van der Waals surface area contributed by atoms with Crippen molar-refractivity contribution in [1.29, 1.82) is 0 Å². The van der Waals surface area contributed by atoms with Crippen molar-refractivity contribution >= 4 is 11.6 Å². The summed E-state index contributed by atoms with van der Waals surface area (Å²) < 4.78 is 0. The summed E-state index contributed by atoms with van der Waals surface area (Å²) in [6.07, 6.45) is 16.8. The minimum Gasteiger partial charge on any atom is -0.335 e. The van der Waals surface area contributed by atoms with Gasteiger partial charge in [0.25, 0.3) is 5.69 Å². The molecule has 162 valence electrons. The number of carbonyl (C=O) groups is 1. The average molecular weight is 403 g/mol. The van der Waals surface area contributed by atoms with Gasteiger partial charge in [0.05, 0.1) is 4.92 Å². The van der Waals surface area contributed by atoms with Gasteiger partial charge in [-0.3, -0.25) is 14.9 Å². The number of hydrogen-bond acceptors (Lipinski definition) is 3. The monoisotopic (exact) mass is 402 g/mol. The second kappa shape index (κ2) is 15.7. The highest BCUT2D eigenvalue weighted by Crippen LogP contribution is 2.15. The first kappa shape index (κ1) is 24.9. The lowest BCUT2D eigenvalue weighted by molar-refractivity contribution is -0.384. The predicted octanol–water partition coefficient (Wildman–Crippen LogP) is 6.81. The van der Waals surface area contributed by atoms with E-state index in [1.54, 1.807) is 17.0 Å². The molecule has 0 atom stereocenters. The van der Waals surface area contributed by atoms with Crippen LogP contribution in [0, 0.1) is 10.1 Å². The van der Waals surface area contributed by atoms with E-state index >= 15 is 0 Å². The molecule has 0 aromatic heterocycles. The van der Waals surface area contributed by atoms with E-state index < -0.39 is 4.92 Å². The zero-order chi connectivity index (χ0) is 21.3. The molecule has 5 nitrogen and oxygen atoms in total. The quantitative estimate of drug-likeness (QED) is 0.124. The van der Waals surface area contributed by atoms with Gasteiger partial charge >= 0.3 is 0 Å². The summed E-state index contributed by atoms with van der Waals surface area (Å²) in [5.74, 6) is -0.0913. The van der Waals surface area contributed by atoms with Gasteiger partial charge in [-0.25, -0.2) is 0 Å². The molecule has 0 aliphatic rings. The Morgan fingerprint density at radius 3 is 1.86 bits per heavy atom. The van der Waals surface area contributed by atoms with Gasteiger partial charge in [0, 0.05) is 25.2 Å². The zero-order valence-corrected chi connectivity index (χ0v) is 18.1. The Labute approximate surface area is 176 Å². The van der Waals surface area contributed by atoms with Crippen LogP contribution in [0.25, 0.3) is 0 Å². The second-order valence-electron chi connectivity index (χ2n) is 7.78. The van der Waals surface area contributed by atoms with Gasteiger partial charge in [0.2, 0.25) is 5.91 Å². The lowest BCUT2D eigenvalue weighted by Crippen LogP contribution is -2.29. The molecule has 0 heterocycles. The van der Waals surface area contributed by atoms with E-state index in [1.165, 1.54) is 82.4 Å². The van der Waals surface area contributed by atoms with Crippen LogP contribution in [0.15, 0.2) is 36.9 Å². The number of rotatable bonds is 17. The van der Waals surface area contributed by atoms with Gasteiger partial charge < -0.3 is 4.90 Å². The maximum atomic E-state index is 12.1. The fourth-order valence-electron chi connectivity index (χ4n) is 3.48. The molecule has 0 N–H and O–H groups in total. The molecule has 29 heavy (non-hydrogen) atoms. The minimum absolute atomic E-state index is 0.0660. The summed E-state index contributed by atoms with van der Waals surface area (Å²) in [5.41, 5.74) is 0.959. The third-order valence-corrected chi connectivity index (χ3v) is 5.29. The number of amides is 1. The van der Waals surface area contributed by atoms with Crippen molar-refractivity contribution in [3.8, 4) is 0 Å². The Morgan fingerprint density at radius 2 is 1.41 bits per heavy atom. The molecule has 1 aromatic rings. The van der Waals surface area contributed by atoms with Crippen LogP contribution >= 0.6 is 0 Å². The summed E-state index contributed by atoms with van der Waals surface area (Å²) in [6.45, 7) is 6.99. The Kier molecular flexibility index (Phi) is 13.5. The summed E-state index contributed by atoms with van der Waals surface area (Å²) in [4.78, 5) is 24.2. The van der Waals surface area contributed by atoms with Crippen LogP contribution in [-0.2, 0) is 11.3 Å². The van der Waals surface area contributed by atoms with Crippen LogP contribution in [0.1, 0.15) is 89.5 Å².